The van der Waals surface area contributed by atoms with Crippen molar-refractivity contribution in [2.45, 2.75) is 122 Å². The van der Waals surface area contributed by atoms with Crippen LogP contribution in [-0.2, 0) is 9.53 Å². The third kappa shape index (κ3) is 3.08. The highest BCUT2D eigenvalue weighted by atomic mass is 16.6. The van der Waals surface area contributed by atoms with E-state index in [0.29, 0.717) is 31.6 Å². The number of hydrogen-bond donors (Lipinski definition) is 4. The second-order valence-electron chi connectivity index (χ2n) is 12.1. The van der Waals surface area contributed by atoms with Crippen LogP contribution in [0.2, 0.25) is 0 Å². The Balaban J connectivity index is 1.65. The van der Waals surface area contributed by atoms with E-state index in [1.54, 1.807) is 6.92 Å². The predicted octanol–water partition coefficient (Wildman–Crippen LogP) is 3.18. The Bertz CT molecular complexity index is 742. The van der Waals surface area contributed by atoms with Gasteiger partial charge in [-0.2, -0.15) is 0 Å². The van der Waals surface area contributed by atoms with Crippen molar-refractivity contribution in [3.63, 3.8) is 0 Å². The molecule has 4 aliphatic carbocycles. The quantitative estimate of drug-likeness (QED) is 0.488. The number of carbonyl (C=O) groups excluding carboxylic acids is 1. The van der Waals surface area contributed by atoms with Crippen molar-refractivity contribution in [2.24, 2.45) is 34.5 Å². The lowest BCUT2D eigenvalue weighted by molar-refractivity contribution is -0.288. The van der Waals surface area contributed by atoms with Gasteiger partial charge in [-0.25, -0.2) is 0 Å². The molecular weight excluding hydrogens is 408 g/mol. The average molecular weight is 453 g/mol. The van der Waals surface area contributed by atoms with Crippen LogP contribution in [0.3, 0.4) is 0 Å². The lowest BCUT2D eigenvalue weighted by atomic mass is 9.42. The Hall–Kier alpha value is -0.690. The number of esters is 1. The van der Waals surface area contributed by atoms with Crippen molar-refractivity contribution in [2.75, 3.05) is 0 Å². The number of fused-ring (bicyclic) bond motifs is 5. The van der Waals surface area contributed by atoms with E-state index < -0.39 is 28.8 Å². The zero-order valence-corrected chi connectivity index (χ0v) is 20.5. The summed E-state index contributed by atoms with van der Waals surface area (Å²) >= 11 is 0. The molecule has 4 fully saturated rings. The van der Waals surface area contributed by atoms with Gasteiger partial charge >= 0.3 is 5.97 Å². The fourth-order valence-electron chi connectivity index (χ4n) is 8.46. The smallest absolute Gasteiger partial charge is 0.309 e. The molecule has 6 nitrogen and oxygen atoms in total. The van der Waals surface area contributed by atoms with E-state index in [4.69, 9.17) is 4.74 Å². The van der Waals surface area contributed by atoms with Gasteiger partial charge in [-0.15, -0.1) is 0 Å². The molecular formula is C26H44O6. The molecule has 0 heterocycles. The molecule has 6 heteroatoms. The predicted molar refractivity (Wildman–Crippen MR) is 121 cm³/mol. The lowest BCUT2D eigenvalue weighted by Gasteiger charge is -2.65. The molecule has 4 N–H and O–H groups in total. The molecule has 4 rings (SSSR count). The van der Waals surface area contributed by atoms with Gasteiger partial charge < -0.3 is 25.2 Å². The Kier molecular flexibility index (Phi) is 6.05. The Morgan fingerprint density at radius 3 is 2.34 bits per heavy atom. The molecule has 0 aliphatic heterocycles. The summed E-state index contributed by atoms with van der Waals surface area (Å²) in [6.07, 6.45) is 4.21. The minimum atomic E-state index is -1.49. The fraction of sp³-hybridized carbons (Fsp3) is 0.962. The van der Waals surface area contributed by atoms with Crippen molar-refractivity contribution in [1.29, 1.82) is 0 Å². The summed E-state index contributed by atoms with van der Waals surface area (Å²) in [7, 11) is 0. The van der Waals surface area contributed by atoms with E-state index in [1.165, 1.54) is 0 Å². The van der Waals surface area contributed by atoms with Crippen molar-refractivity contribution in [3.05, 3.63) is 0 Å². The molecule has 0 aromatic rings. The summed E-state index contributed by atoms with van der Waals surface area (Å²) in [6, 6.07) is 0. The van der Waals surface area contributed by atoms with E-state index >= 15 is 0 Å². The van der Waals surface area contributed by atoms with Gasteiger partial charge in [0, 0.05) is 0 Å². The topological polar surface area (TPSA) is 107 Å². The number of hydrogen-bond acceptors (Lipinski definition) is 6. The molecule has 0 aromatic carbocycles. The van der Waals surface area contributed by atoms with E-state index in [1.807, 2.05) is 20.8 Å². The van der Waals surface area contributed by atoms with Gasteiger partial charge in [-0.05, 0) is 87.9 Å². The van der Waals surface area contributed by atoms with Crippen LogP contribution in [0.15, 0.2) is 0 Å². The molecule has 32 heavy (non-hydrogen) atoms. The summed E-state index contributed by atoms with van der Waals surface area (Å²) in [5, 5.41) is 46.0. The van der Waals surface area contributed by atoms with Gasteiger partial charge in [-0.3, -0.25) is 4.79 Å². The minimum Gasteiger partial charge on any atom is -0.459 e. The molecule has 0 spiro atoms. The largest absolute Gasteiger partial charge is 0.459 e. The van der Waals surface area contributed by atoms with Crippen LogP contribution in [0, 0.1) is 34.5 Å². The average Bonchev–Trinajstić information content (AvgIpc) is 2.98. The Morgan fingerprint density at radius 2 is 1.69 bits per heavy atom. The Morgan fingerprint density at radius 1 is 1.00 bits per heavy atom. The highest BCUT2D eigenvalue weighted by Crippen LogP contribution is 2.70. The van der Waals surface area contributed by atoms with Gasteiger partial charge in [0.2, 0.25) is 0 Å². The van der Waals surface area contributed by atoms with E-state index in [0.717, 1.165) is 32.1 Å². The van der Waals surface area contributed by atoms with Gasteiger partial charge in [0.1, 0.15) is 11.7 Å². The third-order valence-electron chi connectivity index (χ3n) is 11.1. The monoisotopic (exact) mass is 452 g/mol. The molecule has 0 amide bonds. The van der Waals surface area contributed by atoms with E-state index in [-0.39, 0.29) is 35.2 Å². The molecule has 11 atom stereocenters. The molecule has 184 valence electrons. The molecule has 0 unspecified atom stereocenters. The summed E-state index contributed by atoms with van der Waals surface area (Å²) in [5.41, 5.74) is -3.90. The van der Waals surface area contributed by atoms with Gasteiger partial charge in [0.05, 0.1) is 29.1 Å². The van der Waals surface area contributed by atoms with Crippen LogP contribution in [0.1, 0.15) is 92.4 Å². The fourth-order valence-corrected chi connectivity index (χ4v) is 8.46. The van der Waals surface area contributed by atoms with Gasteiger partial charge in [0.25, 0.3) is 0 Å². The van der Waals surface area contributed by atoms with E-state index in [9.17, 15) is 25.2 Å². The summed E-state index contributed by atoms with van der Waals surface area (Å²) in [4.78, 5) is 12.5. The third-order valence-corrected chi connectivity index (χ3v) is 11.1. The van der Waals surface area contributed by atoms with Crippen LogP contribution in [-0.4, -0.2) is 55.9 Å². The van der Waals surface area contributed by atoms with Gasteiger partial charge in [-0.1, -0.05) is 27.7 Å². The molecule has 0 radical (unpaired) electrons. The lowest BCUT2D eigenvalue weighted by Crippen LogP contribution is -2.72. The summed E-state index contributed by atoms with van der Waals surface area (Å²) in [6.45, 7) is 9.54. The normalized spacial score (nSPS) is 52.3. The maximum atomic E-state index is 12.5. The second kappa shape index (κ2) is 7.93. The first-order valence-electron chi connectivity index (χ1n) is 12.9. The van der Waals surface area contributed by atoms with Crippen molar-refractivity contribution >= 4 is 5.97 Å². The molecule has 4 saturated carbocycles. The first-order valence-corrected chi connectivity index (χ1v) is 12.9. The summed E-state index contributed by atoms with van der Waals surface area (Å²) in [5.74, 6) is -0.0551. The Labute approximate surface area is 192 Å². The molecule has 0 saturated heterocycles. The van der Waals surface area contributed by atoms with Crippen LogP contribution < -0.4 is 0 Å². The summed E-state index contributed by atoms with van der Waals surface area (Å²) < 4.78 is 5.71. The first-order chi connectivity index (χ1) is 14.8. The first kappa shape index (κ1) is 24.4. The molecule has 4 aliphatic rings. The number of rotatable bonds is 4. The molecule has 0 bridgehead atoms. The number of carbonyl (C=O) groups is 1. The van der Waals surface area contributed by atoms with Gasteiger partial charge in [0.15, 0.2) is 0 Å². The SMILES string of the molecule is CC[C@@H](C)C(=O)O[C@@H](C)[C@]1(O)CC[C@]2(O)[C@@H]3CC[C@H]4C[C@@H](O)CC[C@]4(C)[C@H]3C[C@@H](O)[C@]12C. The van der Waals surface area contributed by atoms with E-state index in [2.05, 4.69) is 6.92 Å². The number of aliphatic hydroxyl groups is 4. The maximum absolute atomic E-state index is 12.5. The van der Waals surface area contributed by atoms with Crippen LogP contribution in [0.25, 0.3) is 0 Å². The van der Waals surface area contributed by atoms with Crippen molar-refractivity contribution < 1.29 is 30.0 Å². The highest BCUT2D eigenvalue weighted by Gasteiger charge is 2.76. The zero-order chi connectivity index (χ0) is 23.7. The second-order valence-corrected chi connectivity index (χ2v) is 12.1. The maximum Gasteiger partial charge on any atom is 0.309 e. The van der Waals surface area contributed by atoms with Crippen LogP contribution in [0.4, 0.5) is 0 Å². The van der Waals surface area contributed by atoms with Crippen LogP contribution in [0.5, 0.6) is 0 Å². The van der Waals surface area contributed by atoms with Crippen molar-refractivity contribution in [1.82, 2.24) is 0 Å². The standard InChI is InChI=1S/C26H44O6/c1-6-15(2)22(29)32-16(3)25(30)11-12-26(31)19-8-7-17-13-18(27)9-10-23(17,4)20(19)14-21(28)24(25,26)5/h15-21,27-28,30-31H,6-14H2,1-5H3/t15-,16+,17+,18+,19-,20+,21-,23+,24-,25-,26+/m1/s1. The zero-order valence-electron chi connectivity index (χ0n) is 20.5. The number of aliphatic hydroxyl groups excluding tert-OH is 2. The highest BCUT2D eigenvalue weighted by molar-refractivity contribution is 5.72. The number of ether oxygens (including phenoxy) is 1. The van der Waals surface area contributed by atoms with Crippen molar-refractivity contribution in [3.8, 4) is 0 Å². The van der Waals surface area contributed by atoms with Crippen LogP contribution >= 0.6 is 0 Å². The molecule has 0 aromatic heterocycles. The minimum absolute atomic E-state index is 0.0149.